The van der Waals surface area contributed by atoms with E-state index in [1.54, 1.807) is 0 Å². The monoisotopic (exact) mass is 271 g/mol. The van der Waals surface area contributed by atoms with Gasteiger partial charge in [-0.25, -0.2) is 0 Å². The molecule has 1 nitrogen and oxygen atoms in total. The maximum atomic E-state index is 3.70. The van der Waals surface area contributed by atoms with Gasteiger partial charge in [-0.1, -0.05) is 37.3 Å². The number of halogens is 1. The fourth-order valence-electron chi connectivity index (χ4n) is 1.44. The van der Waals surface area contributed by atoms with Gasteiger partial charge in [0, 0.05) is 24.6 Å². The van der Waals surface area contributed by atoms with Gasteiger partial charge in [0.25, 0.3) is 0 Å². The largest absolute Gasteiger partial charge is 0.312 e. The predicted octanol–water partition coefficient (Wildman–Crippen LogP) is 3.68. The van der Waals surface area contributed by atoms with E-state index in [1.165, 1.54) is 11.1 Å². The summed E-state index contributed by atoms with van der Waals surface area (Å²) < 4.78 is 0. The maximum absolute atomic E-state index is 3.70. The summed E-state index contributed by atoms with van der Waals surface area (Å²) in [4.78, 5) is 0. The van der Waals surface area contributed by atoms with Crippen LogP contribution in [0.15, 0.2) is 36.9 Å². The molecule has 0 amide bonds. The summed E-state index contributed by atoms with van der Waals surface area (Å²) in [6.45, 7) is 7.92. The molecule has 0 aliphatic rings. The molecule has 0 heterocycles. The van der Waals surface area contributed by atoms with E-state index in [4.69, 9.17) is 0 Å². The van der Waals surface area contributed by atoms with Crippen molar-refractivity contribution in [1.29, 1.82) is 0 Å². The van der Waals surface area contributed by atoms with Crippen LogP contribution in [0.3, 0.4) is 0 Å². The number of hydrogen-bond donors (Lipinski definition) is 1. The second kappa shape index (κ2) is 10.7. The van der Waals surface area contributed by atoms with Gasteiger partial charge in [0.2, 0.25) is 0 Å². The molecule has 1 aromatic carbocycles. The molecule has 3 heteroatoms. The molecule has 0 aliphatic carbocycles. The van der Waals surface area contributed by atoms with Crippen molar-refractivity contribution in [3.05, 3.63) is 48.0 Å². The molecule has 0 saturated carbocycles. The van der Waals surface area contributed by atoms with E-state index in [0.717, 1.165) is 31.0 Å². The second-order valence-corrected chi connectivity index (χ2v) is 4.86. The minimum absolute atomic E-state index is 0. The van der Waals surface area contributed by atoms with E-state index in [1.807, 2.05) is 17.8 Å². The highest BCUT2D eigenvalue weighted by molar-refractivity contribution is 7.99. The van der Waals surface area contributed by atoms with Crippen molar-refractivity contribution in [3.63, 3.8) is 0 Å². The zero-order valence-corrected chi connectivity index (χ0v) is 12.1. The van der Waals surface area contributed by atoms with Gasteiger partial charge in [0.05, 0.1) is 0 Å². The first-order valence-corrected chi connectivity index (χ1v) is 6.99. The van der Waals surface area contributed by atoms with E-state index in [2.05, 4.69) is 43.1 Å². The Morgan fingerprint density at radius 2 is 1.88 bits per heavy atom. The van der Waals surface area contributed by atoms with Crippen molar-refractivity contribution in [1.82, 2.24) is 5.32 Å². The van der Waals surface area contributed by atoms with Gasteiger partial charge >= 0.3 is 0 Å². The van der Waals surface area contributed by atoms with Crippen LogP contribution in [0.2, 0.25) is 0 Å². The Bertz CT molecular complexity index is 298. The number of benzene rings is 1. The lowest BCUT2D eigenvalue weighted by Crippen LogP contribution is -2.16. The Morgan fingerprint density at radius 1 is 1.24 bits per heavy atom. The van der Waals surface area contributed by atoms with Crippen molar-refractivity contribution >= 4 is 24.2 Å². The van der Waals surface area contributed by atoms with Crippen LogP contribution in [0, 0.1) is 0 Å². The summed E-state index contributed by atoms with van der Waals surface area (Å²) >= 11 is 1.91. The Kier molecular flexibility index (Phi) is 10.4. The Hall–Kier alpha value is -0.440. The maximum Gasteiger partial charge on any atom is 0.0205 e. The van der Waals surface area contributed by atoms with Crippen LogP contribution in [-0.4, -0.2) is 18.1 Å². The quantitative estimate of drug-likeness (QED) is 0.572. The Labute approximate surface area is 115 Å². The molecule has 0 spiro atoms. The van der Waals surface area contributed by atoms with Gasteiger partial charge in [0.15, 0.2) is 0 Å². The van der Waals surface area contributed by atoms with Gasteiger partial charge in [0.1, 0.15) is 0 Å². The number of nitrogens with one attached hydrogen (secondary N) is 1. The lowest BCUT2D eigenvalue weighted by atomic mass is 10.1. The number of thioether (sulfide) groups is 1. The molecule has 1 rings (SSSR count). The predicted molar refractivity (Wildman–Crippen MR) is 82.3 cm³/mol. The van der Waals surface area contributed by atoms with Crippen LogP contribution in [0.4, 0.5) is 0 Å². The molecule has 0 radical (unpaired) electrons. The van der Waals surface area contributed by atoms with Crippen molar-refractivity contribution in [2.45, 2.75) is 19.9 Å². The first-order valence-electron chi connectivity index (χ1n) is 5.84. The number of hydrogen-bond acceptors (Lipinski definition) is 2. The van der Waals surface area contributed by atoms with Crippen LogP contribution in [-0.2, 0) is 13.0 Å². The molecule has 0 unspecified atom stereocenters. The fraction of sp³-hybridized carbons (Fsp3) is 0.429. The van der Waals surface area contributed by atoms with Crippen molar-refractivity contribution in [2.24, 2.45) is 0 Å². The van der Waals surface area contributed by atoms with Crippen molar-refractivity contribution in [3.8, 4) is 0 Å². The SMILES string of the molecule is C=CCSCCNCc1ccc(CC)cc1.Cl. The minimum atomic E-state index is 0. The third-order valence-electron chi connectivity index (χ3n) is 2.42. The normalized spacial score (nSPS) is 9.71. The smallest absolute Gasteiger partial charge is 0.0205 e. The molecular formula is C14H22ClNS. The molecule has 0 atom stereocenters. The van der Waals surface area contributed by atoms with Crippen LogP contribution < -0.4 is 5.32 Å². The second-order valence-electron chi connectivity index (χ2n) is 3.71. The summed E-state index contributed by atoms with van der Waals surface area (Å²) in [6, 6.07) is 8.85. The van der Waals surface area contributed by atoms with Gasteiger partial charge in [-0.2, -0.15) is 11.8 Å². The zero-order chi connectivity index (χ0) is 11.6. The van der Waals surface area contributed by atoms with E-state index in [-0.39, 0.29) is 12.4 Å². The Morgan fingerprint density at radius 3 is 2.47 bits per heavy atom. The molecule has 1 aromatic rings. The minimum Gasteiger partial charge on any atom is -0.312 e. The highest BCUT2D eigenvalue weighted by Crippen LogP contribution is 2.04. The zero-order valence-electron chi connectivity index (χ0n) is 10.4. The molecule has 1 N–H and O–H groups in total. The van der Waals surface area contributed by atoms with Gasteiger partial charge in [-0.05, 0) is 17.5 Å². The first-order chi connectivity index (χ1) is 7.86. The molecule has 96 valence electrons. The topological polar surface area (TPSA) is 12.0 Å². The summed E-state index contributed by atoms with van der Waals surface area (Å²) in [5, 5.41) is 3.44. The summed E-state index contributed by atoms with van der Waals surface area (Å²) in [7, 11) is 0. The third-order valence-corrected chi connectivity index (χ3v) is 3.38. The molecule has 0 aromatic heterocycles. The summed E-state index contributed by atoms with van der Waals surface area (Å²) in [5.74, 6) is 2.20. The summed E-state index contributed by atoms with van der Waals surface area (Å²) in [6.07, 6.45) is 3.07. The standard InChI is InChI=1S/C14H21NS.ClH/c1-3-10-16-11-9-15-12-14-7-5-13(4-2)6-8-14;/h3,5-8,15H,1,4,9-12H2,2H3;1H. The molecular weight excluding hydrogens is 250 g/mol. The average Bonchev–Trinajstić information content (AvgIpc) is 2.34. The van der Waals surface area contributed by atoms with E-state index in [9.17, 15) is 0 Å². The van der Waals surface area contributed by atoms with E-state index < -0.39 is 0 Å². The molecule has 0 bridgehead atoms. The first kappa shape index (κ1) is 16.6. The van der Waals surface area contributed by atoms with Gasteiger partial charge in [-0.3, -0.25) is 0 Å². The highest BCUT2D eigenvalue weighted by atomic mass is 35.5. The number of rotatable bonds is 8. The van der Waals surface area contributed by atoms with Gasteiger partial charge in [-0.15, -0.1) is 19.0 Å². The van der Waals surface area contributed by atoms with Crippen LogP contribution in [0.25, 0.3) is 0 Å². The molecule has 0 saturated heterocycles. The van der Waals surface area contributed by atoms with Crippen LogP contribution in [0.5, 0.6) is 0 Å². The van der Waals surface area contributed by atoms with Crippen LogP contribution in [0.1, 0.15) is 18.1 Å². The van der Waals surface area contributed by atoms with E-state index >= 15 is 0 Å². The summed E-state index contributed by atoms with van der Waals surface area (Å²) in [5.41, 5.74) is 2.77. The van der Waals surface area contributed by atoms with Crippen LogP contribution >= 0.6 is 24.2 Å². The Balaban J connectivity index is 0.00000256. The van der Waals surface area contributed by atoms with Gasteiger partial charge < -0.3 is 5.32 Å². The van der Waals surface area contributed by atoms with E-state index in [0.29, 0.717) is 0 Å². The average molecular weight is 272 g/mol. The number of aryl methyl sites for hydroxylation is 1. The molecule has 17 heavy (non-hydrogen) atoms. The molecule has 0 aliphatic heterocycles. The lowest BCUT2D eigenvalue weighted by molar-refractivity contribution is 0.732. The lowest BCUT2D eigenvalue weighted by Gasteiger charge is -2.05. The van der Waals surface area contributed by atoms with Crippen molar-refractivity contribution < 1.29 is 0 Å². The fourth-order valence-corrected chi connectivity index (χ4v) is 2.06. The van der Waals surface area contributed by atoms with Crippen molar-refractivity contribution in [2.75, 3.05) is 18.1 Å². The third kappa shape index (κ3) is 7.48. The highest BCUT2D eigenvalue weighted by Gasteiger charge is 1.93. The molecule has 0 fully saturated rings.